The highest BCUT2D eigenvalue weighted by Gasteiger charge is 2.46. The lowest BCUT2D eigenvalue weighted by Gasteiger charge is -2.29. The molecule has 2 saturated heterocycles. The van der Waals surface area contributed by atoms with Gasteiger partial charge in [-0.1, -0.05) is 28.1 Å². The normalized spacial score (nSPS) is 20.2. The molecule has 0 spiro atoms. The lowest BCUT2D eigenvalue weighted by Crippen LogP contribution is -2.38. The number of hydrogen-bond acceptors (Lipinski definition) is 7. The Kier molecular flexibility index (Phi) is 7.97. The van der Waals surface area contributed by atoms with Gasteiger partial charge >= 0.3 is 5.97 Å². The van der Waals surface area contributed by atoms with Crippen molar-refractivity contribution in [2.45, 2.75) is 26.3 Å². The third-order valence-corrected chi connectivity index (χ3v) is 7.24. The summed E-state index contributed by atoms with van der Waals surface area (Å²) in [5, 5.41) is 11.5. The first kappa shape index (κ1) is 26.1. The van der Waals surface area contributed by atoms with Crippen molar-refractivity contribution >= 4 is 39.3 Å². The lowest BCUT2D eigenvalue weighted by molar-refractivity contribution is -0.140. The molecular weight excluding hydrogens is 530 g/mol. The monoisotopic (exact) mass is 559 g/mol. The number of methoxy groups -OCH3 is 1. The Morgan fingerprint density at radius 3 is 2.61 bits per heavy atom. The van der Waals surface area contributed by atoms with E-state index in [1.807, 2.05) is 24.3 Å². The highest BCUT2D eigenvalue weighted by molar-refractivity contribution is 9.10. The number of H-pyrrole nitrogens is 1. The maximum Gasteiger partial charge on any atom is 0.354 e. The molecule has 2 fully saturated rings. The molecular formula is C26H30BrN3O6. The molecule has 2 aliphatic heterocycles. The van der Waals surface area contributed by atoms with E-state index in [0.717, 1.165) is 24.1 Å². The van der Waals surface area contributed by atoms with Crippen molar-refractivity contribution in [2.24, 2.45) is 0 Å². The first-order valence-electron chi connectivity index (χ1n) is 11.9. The largest absolute Gasteiger partial charge is 0.507 e. The number of benzene rings is 1. The number of amides is 1. The number of nitrogens with zero attached hydrogens (tertiary/aromatic N) is 2. The number of nitrogens with one attached hydrogen (secondary N) is 1. The second kappa shape index (κ2) is 11.0. The minimum absolute atomic E-state index is 0.00564. The van der Waals surface area contributed by atoms with Crippen LogP contribution in [0, 0.1) is 13.8 Å². The van der Waals surface area contributed by atoms with Gasteiger partial charge in [0.2, 0.25) is 0 Å². The second-order valence-corrected chi connectivity index (χ2v) is 9.89. The quantitative estimate of drug-likeness (QED) is 0.231. The zero-order valence-electron chi connectivity index (χ0n) is 20.6. The number of carbonyl (C=O) groups is 3. The molecule has 1 aromatic carbocycles. The number of halogens is 1. The summed E-state index contributed by atoms with van der Waals surface area (Å²) in [6, 6.07) is 6.60. The number of hydrogen-bond donors (Lipinski definition) is 2. The number of aromatic nitrogens is 1. The van der Waals surface area contributed by atoms with Crippen LogP contribution in [0.2, 0.25) is 0 Å². The molecule has 0 bridgehead atoms. The molecule has 192 valence electrons. The molecule has 1 atom stereocenters. The molecule has 0 unspecified atom stereocenters. The third kappa shape index (κ3) is 4.98. The minimum Gasteiger partial charge on any atom is -0.507 e. The van der Waals surface area contributed by atoms with Crippen LogP contribution in [-0.4, -0.2) is 84.1 Å². The van der Waals surface area contributed by atoms with E-state index in [2.05, 4.69) is 25.8 Å². The van der Waals surface area contributed by atoms with Crippen LogP contribution in [0.5, 0.6) is 0 Å². The minimum atomic E-state index is -0.762. The number of aliphatic hydroxyl groups excluding tert-OH is 1. The van der Waals surface area contributed by atoms with Gasteiger partial charge in [-0.05, 0) is 43.5 Å². The Bertz CT molecular complexity index is 1210. The lowest BCUT2D eigenvalue weighted by atomic mass is 9.94. The molecule has 2 aromatic rings. The van der Waals surface area contributed by atoms with Gasteiger partial charge in [0.05, 0.1) is 31.9 Å². The van der Waals surface area contributed by atoms with Gasteiger partial charge in [-0.2, -0.15) is 0 Å². The van der Waals surface area contributed by atoms with Crippen molar-refractivity contribution in [1.82, 2.24) is 14.8 Å². The molecule has 36 heavy (non-hydrogen) atoms. The van der Waals surface area contributed by atoms with Gasteiger partial charge in [-0.25, -0.2) is 4.79 Å². The van der Waals surface area contributed by atoms with E-state index in [1.54, 1.807) is 13.8 Å². The van der Waals surface area contributed by atoms with E-state index in [9.17, 15) is 19.5 Å². The predicted octanol–water partition coefficient (Wildman–Crippen LogP) is 3.32. The fourth-order valence-corrected chi connectivity index (χ4v) is 5.39. The number of carbonyl (C=O) groups excluding carboxylic acids is 3. The van der Waals surface area contributed by atoms with Crippen molar-refractivity contribution in [1.29, 1.82) is 0 Å². The number of aromatic amines is 1. The Morgan fingerprint density at radius 1 is 1.22 bits per heavy atom. The summed E-state index contributed by atoms with van der Waals surface area (Å²) < 4.78 is 11.0. The van der Waals surface area contributed by atoms with Crippen molar-refractivity contribution < 1.29 is 29.0 Å². The first-order chi connectivity index (χ1) is 17.2. The SMILES string of the molecule is COC(=O)c1[nH]c(C)c(/C(O)=C2\C(=O)C(=O)N(CCCN3CCOCC3)[C@H]2c2cccc(Br)c2)c1C. The third-order valence-electron chi connectivity index (χ3n) is 6.75. The smallest absolute Gasteiger partial charge is 0.354 e. The zero-order valence-corrected chi connectivity index (χ0v) is 22.2. The number of ketones is 1. The summed E-state index contributed by atoms with van der Waals surface area (Å²) in [4.78, 5) is 45.5. The Hall–Kier alpha value is -2.95. The molecule has 1 aromatic heterocycles. The number of Topliss-reactive ketones (excluding diaryl/α,β-unsaturated/α-hetero) is 1. The Labute approximate surface area is 218 Å². The van der Waals surface area contributed by atoms with Crippen LogP contribution in [-0.2, 0) is 19.1 Å². The van der Waals surface area contributed by atoms with E-state index in [1.165, 1.54) is 12.0 Å². The van der Waals surface area contributed by atoms with Crippen LogP contribution in [0.3, 0.4) is 0 Å². The average molecular weight is 560 g/mol. The van der Waals surface area contributed by atoms with Crippen LogP contribution >= 0.6 is 15.9 Å². The fourth-order valence-electron chi connectivity index (χ4n) is 4.97. The number of likely N-dealkylation sites (tertiary alicyclic amines) is 1. The van der Waals surface area contributed by atoms with Gasteiger partial charge < -0.3 is 24.5 Å². The molecule has 2 N–H and O–H groups in total. The summed E-state index contributed by atoms with van der Waals surface area (Å²) in [5.74, 6) is -2.29. The van der Waals surface area contributed by atoms with Crippen molar-refractivity contribution in [2.75, 3.05) is 46.5 Å². The molecule has 0 saturated carbocycles. The molecule has 3 heterocycles. The highest BCUT2D eigenvalue weighted by atomic mass is 79.9. The zero-order chi connectivity index (χ0) is 26.0. The van der Waals surface area contributed by atoms with Crippen molar-refractivity contribution in [3.63, 3.8) is 0 Å². The van der Waals surface area contributed by atoms with Crippen molar-refractivity contribution in [3.8, 4) is 0 Å². The number of aliphatic hydroxyl groups is 1. The predicted molar refractivity (Wildman–Crippen MR) is 137 cm³/mol. The van der Waals surface area contributed by atoms with Gasteiger partial charge in [-0.15, -0.1) is 0 Å². The highest BCUT2D eigenvalue weighted by Crippen LogP contribution is 2.41. The van der Waals surface area contributed by atoms with Crippen LogP contribution in [0.15, 0.2) is 34.3 Å². The molecule has 10 heteroatoms. The molecule has 1 amide bonds. The average Bonchev–Trinajstić information content (AvgIpc) is 3.31. The van der Waals surface area contributed by atoms with Gasteiger partial charge in [-0.3, -0.25) is 14.5 Å². The molecule has 4 rings (SSSR count). The van der Waals surface area contributed by atoms with E-state index in [-0.39, 0.29) is 17.0 Å². The molecule has 0 aliphatic carbocycles. The number of rotatable bonds is 7. The fraction of sp³-hybridized carbons (Fsp3) is 0.423. The number of aryl methyl sites for hydroxylation is 1. The summed E-state index contributed by atoms with van der Waals surface area (Å²) in [5.41, 5.74) is 2.17. The summed E-state index contributed by atoms with van der Waals surface area (Å²) in [6.45, 7) is 7.53. The van der Waals surface area contributed by atoms with Crippen LogP contribution in [0.1, 0.15) is 45.3 Å². The first-order valence-corrected chi connectivity index (χ1v) is 12.7. The number of esters is 1. The van der Waals surface area contributed by atoms with Gasteiger partial charge in [0.15, 0.2) is 0 Å². The van der Waals surface area contributed by atoms with Gasteiger partial charge in [0.1, 0.15) is 11.5 Å². The second-order valence-electron chi connectivity index (χ2n) is 8.97. The number of morpholine rings is 1. The van der Waals surface area contributed by atoms with Crippen LogP contribution < -0.4 is 0 Å². The molecule has 0 radical (unpaired) electrons. The maximum absolute atomic E-state index is 13.3. The van der Waals surface area contributed by atoms with Crippen LogP contribution in [0.4, 0.5) is 0 Å². The standard InChI is InChI=1S/C26H30BrN3O6/c1-15-19(16(2)28-21(15)26(34)35-3)23(31)20-22(17-6-4-7-18(27)14-17)30(25(33)24(20)32)9-5-8-29-10-12-36-13-11-29/h4,6-7,14,22,28,31H,5,8-13H2,1-3H3/b23-20+/t22-/m0/s1. The van der Waals surface area contributed by atoms with Crippen molar-refractivity contribution in [3.05, 3.63) is 62.4 Å². The van der Waals surface area contributed by atoms with Gasteiger partial charge in [0.25, 0.3) is 11.7 Å². The molecule has 2 aliphatic rings. The number of ether oxygens (including phenoxy) is 2. The van der Waals surface area contributed by atoms with E-state index in [4.69, 9.17) is 9.47 Å². The summed E-state index contributed by atoms with van der Waals surface area (Å²) >= 11 is 3.47. The van der Waals surface area contributed by atoms with Gasteiger partial charge in [0, 0.05) is 41.9 Å². The molecule has 9 nitrogen and oxygen atoms in total. The topological polar surface area (TPSA) is 112 Å². The maximum atomic E-state index is 13.3. The van der Waals surface area contributed by atoms with Crippen LogP contribution in [0.25, 0.3) is 5.76 Å². The van der Waals surface area contributed by atoms with E-state index in [0.29, 0.717) is 48.6 Å². The van der Waals surface area contributed by atoms with E-state index < -0.39 is 23.7 Å². The Morgan fingerprint density at radius 2 is 1.94 bits per heavy atom. The summed E-state index contributed by atoms with van der Waals surface area (Å²) in [6.07, 6.45) is 0.673. The Balaban J connectivity index is 1.75. The van der Waals surface area contributed by atoms with E-state index >= 15 is 0 Å². The summed E-state index contributed by atoms with van der Waals surface area (Å²) in [7, 11) is 1.27.